The Labute approximate surface area is 225 Å². The van der Waals surface area contributed by atoms with E-state index in [1.807, 2.05) is 53.8 Å². The molecule has 2 N–H and O–H groups in total. The molecule has 0 spiro atoms. The van der Waals surface area contributed by atoms with Gasteiger partial charge in [0.25, 0.3) is 5.91 Å². The summed E-state index contributed by atoms with van der Waals surface area (Å²) in [6.45, 7) is 10.2. The van der Waals surface area contributed by atoms with E-state index in [1.54, 1.807) is 12.1 Å². The van der Waals surface area contributed by atoms with Crippen molar-refractivity contribution in [1.29, 1.82) is 0 Å². The molecule has 0 saturated carbocycles. The minimum atomic E-state index is -0.130. The summed E-state index contributed by atoms with van der Waals surface area (Å²) >= 11 is 0. The number of hydrogen-bond acceptors (Lipinski definition) is 6. The molecule has 2 aliphatic rings. The molecular weight excluding hydrogens is 480 g/mol. The van der Waals surface area contributed by atoms with Crippen molar-refractivity contribution in [1.82, 2.24) is 20.7 Å². The lowest BCUT2D eigenvalue weighted by Crippen LogP contribution is -2.48. The van der Waals surface area contributed by atoms with Crippen LogP contribution in [0.1, 0.15) is 42.5 Å². The summed E-state index contributed by atoms with van der Waals surface area (Å²) in [6, 6.07) is 12.3. The zero-order valence-corrected chi connectivity index (χ0v) is 23.0. The molecule has 0 bridgehead atoms. The van der Waals surface area contributed by atoms with E-state index in [4.69, 9.17) is 0 Å². The highest BCUT2D eigenvalue weighted by Gasteiger charge is 2.29. The van der Waals surface area contributed by atoms with E-state index in [0.717, 1.165) is 29.0 Å². The molecule has 2 aliphatic heterocycles. The van der Waals surface area contributed by atoms with Crippen LogP contribution in [0.15, 0.2) is 36.4 Å². The second-order valence-electron chi connectivity index (χ2n) is 9.97. The van der Waals surface area contributed by atoms with E-state index >= 15 is 0 Å². The Kier molecular flexibility index (Phi) is 9.01. The first-order valence-corrected chi connectivity index (χ1v) is 13.6. The largest absolute Gasteiger partial charge is 0.353 e. The lowest BCUT2D eigenvalue weighted by molar-refractivity contribution is -0.145. The van der Waals surface area contributed by atoms with Crippen LogP contribution in [-0.4, -0.2) is 74.1 Å². The van der Waals surface area contributed by atoms with Gasteiger partial charge in [0, 0.05) is 57.6 Å². The first-order chi connectivity index (χ1) is 18.3. The van der Waals surface area contributed by atoms with Gasteiger partial charge in [-0.1, -0.05) is 31.2 Å². The van der Waals surface area contributed by atoms with Gasteiger partial charge in [-0.05, 0) is 61.2 Å². The van der Waals surface area contributed by atoms with Gasteiger partial charge < -0.3 is 20.4 Å². The zero-order valence-electron chi connectivity index (χ0n) is 23.0. The summed E-state index contributed by atoms with van der Waals surface area (Å²) in [5.74, 6) is -0.0809. The molecule has 2 aromatic carbocycles. The van der Waals surface area contributed by atoms with Gasteiger partial charge in [0.1, 0.15) is 0 Å². The standard InChI is InChI=1S/C29H40N6O3/c1-5-30-13-14-31-27(36)19-33(20-29(38)32(4)34-17-23-9-7-8-10-24(23)18-34)25-16-22-11-12-28(37)35(6-2)26(22)15-21(25)3/h7-10,15-16,30H,5-6,11-14,17-20H2,1-4H3,(H,31,36). The van der Waals surface area contributed by atoms with Crippen LogP contribution in [0.3, 0.4) is 0 Å². The number of rotatable bonds is 11. The van der Waals surface area contributed by atoms with Crippen LogP contribution >= 0.6 is 0 Å². The maximum atomic E-state index is 13.5. The quantitative estimate of drug-likeness (QED) is 0.442. The third-order valence-electron chi connectivity index (χ3n) is 7.40. The van der Waals surface area contributed by atoms with Crippen LogP contribution < -0.4 is 20.4 Å². The molecule has 4 rings (SSSR count). The molecule has 0 aliphatic carbocycles. The number of amides is 3. The molecule has 0 aromatic heterocycles. The van der Waals surface area contributed by atoms with Gasteiger partial charge >= 0.3 is 0 Å². The van der Waals surface area contributed by atoms with Crippen LogP contribution in [-0.2, 0) is 33.9 Å². The number of benzene rings is 2. The second kappa shape index (κ2) is 12.4. The van der Waals surface area contributed by atoms with Crippen molar-refractivity contribution in [2.75, 3.05) is 56.1 Å². The Bertz CT molecular complexity index is 1160. The minimum Gasteiger partial charge on any atom is -0.353 e. The van der Waals surface area contributed by atoms with Crippen molar-refractivity contribution < 1.29 is 14.4 Å². The number of nitrogens with zero attached hydrogens (tertiary/aromatic N) is 4. The molecule has 2 aromatic rings. The average molecular weight is 521 g/mol. The van der Waals surface area contributed by atoms with E-state index in [9.17, 15) is 14.4 Å². The van der Waals surface area contributed by atoms with Gasteiger partial charge in [0.15, 0.2) is 0 Å². The Hall–Kier alpha value is -3.43. The number of hydrogen-bond donors (Lipinski definition) is 2. The van der Waals surface area contributed by atoms with Crippen molar-refractivity contribution in [3.05, 3.63) is 58.7 Å². The third kappa shape index (κ3) is 6.16. The van der Waals surface area contributed by atoms with Crippen LogP contribution in [0.2, 0.25) is 0 Å². The number of carbonyl (C=O) groups is 3. The van der Waals surface area contributed by atoms with E-state index in [1.165, 1.54) is 11.1 Å². The number of carbonyl (C=O) groups excluding carboxylic acids is 3. The number of nitrogens with one attached hydrogen (secondary N) is 2. The third-order valence-corrected chi connectivity index (χ3v) is 7.40. The fraction of sp³-hybridized carbons (Fsp3) is 0.483. The average Bonchev–Trinajstić information content (AvgIpc) is 3.34. The van der Waals surface area contributed by atoms with Gasteiger partial charge in [-0.15, -0.1) is 0 Å². The zero-order chi connectivity index (χ0) is 27.2. The lowest BCUT2D eigenvalue weighted by atomic mass is 9.97. The van der Waals surface area contributed by atoms with Gasteiger partial charge in [0.05, 0.1) is 13.1 Å². The van der Waals surface area contributed by atoms with Crippen LogP contribution in [0.5, 0.6) is 0 Å². The highest BCUT2D eigenvalue weighted by Crippen LogP contribution is 2.34. The number of aryl methyl sites for hydroxylation is 2. The molecule has 0 fully saturated rings. The van der Waals surface area contributed by atoms with Crippen molar-refractivity contribution in [3.63, 3.8) is 0 Å². The van der Waals surface area contributed by atoms with Crippen molar-refractivity contribution in [2.45, 2.75) is 46.7 Å². The molecule has 0 atom stereocenters. The number of anilines is 2. The fourth-order valence-electron chi connectivity index (χ4n) is 5.25. The summed E-state index contributed by atoms with van der Waals surface area (Å²) in [5, 5.41) is 9.88. The molecule has 2 heterocycles. The summed E-state index contributed by atoms with van der Waals surface area (Å²) in [7, 11) is 1.80. The van der Waals surface area contributed by atoms with E-state index in [-0.39, 0.29) is 30.8 Å². The first-order valence-electron chi connectivity index (χ1n) is 13.6. The normalized spacial score (nSPS) is 14.7. The lowest BCUT2D eigenvalue weighted by Gasteiger charge is -2.34. The predicted molar refractivity (Wildman–Crippen MR) is 150 cm³/mol. The van der Waals surface area contributed by atoms with E-state index < -0.39 is 0 Å². The van der Waals surface area contributed by atoms with E-state index in [0.29, 0.717) is 45.6 Å². The Morgan fingerprint density at radius 1 is 0.974 bits per heavy atom. The van der Waals surface area contributed by atoms with Gasteiger partial charge in [0.2, 0.25) is 11.8 Å². The molecule has 3 amide bonds. The monoisotopic (exact) mass is 520 g/mol. The summed E-state index contributed by atoms with van der Waals surface area (Å²) in [5.41, 5.74) is 6.23. The second-order valence-corrected chi connectivity index (χ2v) is 9.97. The van der Waals surface area contributed by atoms with Crippen LogP contribution in [0.4, 0.5) is 11.4 Å². The Balaban J connectivity index is 1.54. The molecule has 0 radical (unpaired) electrons. The summed E-state index contributed by atoms with van der Waals surface area (Å²) in [6.07, 6.45) is 1.12. The fourth-order valence-corrected chi connectivity index (χ4v) is 5.25. The summed E-state index contributed by atoms with van der Waals surface area (Å²) in [4.78, 5) is 42.6. The molecular formula is C29H40N6O3. The first kappa shape index (κ1) is 27.6. The van der Waals surface area contributed by atoms with Gasteiger partial charge in [-0.2, -0.15) is 0 Å². The van der Waals surface area contributed by atoms with Gasteiger partial charge in [-0.25, -0.2) is 5.01 Å². The molecule has 0 unspecified atom stereocenters. The van der Waals surface area contributed by atoms with E-state index in [2.05, 4.69) is 28.8 Å². The smallest absolute Gasteiger partial charge is 0.256 e. The Morgan fingerprint density at radius 2 is 1.68 bits per heavy atom. The topological polar surface area (TPSA) is 88.2 Å². The number of likely N-dealkylation sites (N-methyl/N-ethyl adjacent to an activating group) is 2. The predicted octanol–water partition coefficient (Wildman–Crippen LogP) is 2.22. The highest BCUT2D eigenvalue weighted by atomic mass is 16.2. The minimum absolute atomic E-state index is 0.0695. The molecule has 38 heavy (non-hydrogen) atoms. The maximum absolute atomic E-state index is 13.5. The number of hydrazine groups is 1. The van der Waals surface area contributed by atoms with Crippen molar-refractivity contribution >= 4 is 29.1 Å². The van der Waals surface area contributed by atoms with Crippen molar-refractivity contribution in [2.24, 2.45) is 0 Å². The molecule has 0 saturated heterocycles. The molecule has 9 heteroatoms. The van der Waals surface area contributed by atoms with Crippen molar-refractivity contribution in [3.8, 4) is 0 Å². The molecule has 9 nitrogen and oxygen atoms in total. The van der Waals surface area contributed by atoms with Crippen LogP contribution in [0, 0.1) is 6.92 Å². The highest BCUT2D eigenvalue weighted by molar-refractivity contribution is 5.97. The SMILES string of the molecule is CCNCCNC(=O)CN(CC(=O)N(C)N1Cc2ccccc2C1)c1cc2c(cc1C)N(CC)C(=O)CC2. The van der Waals surface area contributed by atoms with Crippen LogP contribution in [0.25, 0.3) is 0 Å². The summed E-state index contributed by atoms with van der Waals surface area (Å²) < 4.78 is 0. The van der Waals surface area contributed by atoms with Gasteiger partial charge in [-0.3, -0.25) is 19.4 Å². The Morgan fingerprint density at radius 3 is 2.34 bits per heavy atom. The molecule has 204 valence electrons. The number of fused-ring (bicyclic) bond motifs is 2. The maximum Gasteiger partial charge on any atom is 0.256 e.